The fraction of sp³-hybridized carbons (Fsp3) is 0.0476. The maximum absolute atomic E-state index is 10.9. The second kappa shape index (κ2) is 6.64. The van der Waals surface area contributed by atoms with Crippen molar-refractivity contribution in [2.75, 3.05) is 5.32 Å². The highest BCUT2D eigenvalue weighted by Crippen LogP contribution is 2.39. The Labute approximate surface area is 163 Å². The zero-order chi connectivity index (χ0) is 18.2. The van der Waals surface area contributed by atoms with Crippen LogP contribution in [-0.4, -0.2) is 15.1 Å². The van der Waals surface area contributed by atoms with E-state index in [0.29, 0.717) is 5.52 Å². The molecule has 1 atom stereocenters. The van der Waals surface area contributed by atoms with Crippen LogP contribution in [-0.2, 0) is 0 Å². The van der Waals surface area contributed by atoms with Crippen LogP contribution >= 0.6 is 22.7 Å². The number of aromatic hydroxyl groups is 1. The summed E-state index contributed by atoms with van der Waals surface area (Å²) in [4.78, 5) is 10.2. The molecule has 0 amide bonds. The summed E-state index contributed by atoms with van der Waals surface area (Å²) >= 11 is 3.26. The summed E-state index contributed by atoms with van der Waals surface area (Å²) in [7, 11) is 0. The topological polar surface area (TPSA) is 58.0 Å². The van der Waals surface area contributed by atoms with Crippen molar-refractivity contribution in [1.29, 1.82) is 0 Å². The largest absolute Gasteiger partial charge is 0.505 e. The molecule has 0 fully saturated rings. The highest BCUT2D eigenvalue weighted by molar-refractivity contribution is 7.22. The molecule has 0 spiro atoms. The number of pyridine rings is 1. The molecule has 1 unspecified atom stereocenters. The Kier molecular flexibility index (Phi) is 3.99. The molecule has 5 aromatic rings. The summed E-state index contributed by atoms with van der Waals surface area (Å²) in [5.74, 6) is 0.208. The Bertz CT molecular complexity index is 1200. The summed E-state index contributed by atoms with van der Waals surface area (Å²) in [5, 5.41) is 18.2. The van der Waals surface area contributed by atoms with Gasteiger partial charge in [0.25, 0.3) is 0 Å². The third-order valence-electron chi connectivity index (χ3n) is 4.48. The number of hydrogen-bond acceptors (Lipinski definition) is 6. The van der Waals surface area contributed by atoms with Crippen molar-refractivity contribution in [3.63, 3.8) is 0 Å². The maximum Gasteiger partial charge on any atom is 0.184 e. The molecule has 3 aromatic heterocycles. The first-order valence-corrected chi connectivity index (χ1v) is 10.2. The number of hydrogen-bond donors (Lipinski definition) is 2. The molecule has 0 aliphatic carbocycles. The number of rotatable bonds is 4. The lowest BCUT2D eigenvalue weighted by molar-refractivity contribution is 0.472. The predicted molar refractivity (Wildman–Crippen MR) is 113 cm³/mol. The van der Waals surface area contributed by atoms with Gasteiger partial charge in [-0.05, 0) is 29.6 Å². The van der Waals surface area contributed by atoms with Gasteiger partial charge in [-0.25, -0.2) is 4.98 Å². The summed E-state index contributed by atoms with van der Waals surface area (Å²) in [6.45, 7) is 0. The number of para-hydroxylation sites is 1. The van der Waals surface area contributed by atoms with E-state index in [2.05, 4.69) is 22.4 Å². The molecule has 3 heterocycles. The van der Waals surface area contributed by atoms with E-state index in [9.17, 15) is 5.11 Å². The molecule has 0 saturated carbocycles. The molecular formula is C21H15N3OS2. The lowest BCUT2D eigenvalue weighted by atomic mass is 10.0. The minimum atomic E-state index is -0.197. The monoisotopic (exact) mass is 389 g/mol. The van der Waals surface area contributed by atoms with Gasteiger partial charge < -0.3 is 10.4 Å². The van der Waals surface area contributed by atoms with Gasteiger partial charge in [-0.1, -0.05) is 47.7 Å². The fourth-order valence-electron chi connectivity index (χ4n) is 3.19. The van der Waals surface area contributed by atoms with E-state index in [1.54, 1.807) is 28.9 Å². The first-order valence-electron chi connectivity index (χ1n) is 8.52. The quantitative estimate of drug-likeness (QED) is 0.407. The molecular weight excluding hydrogens is 374 g/mol. The van der Waals surface area contributed by atoms with Gasteiger partial charge in [0, 0.05) is 22.0 Å². The smallest absolute Gasteiger partial charge is 0.184 e. The van der Waals surface area contributed by atoms with Gasteiger partial charge in [-0.2, -0.15) is 0 Å². The fourth-order valence-corrected chi connectivity index (χ4v) is 4.88. The Morgan fingerprint density at radius 3 is 2.74 bits per heavy atom. The van der Waals surface area contributed by atoms with Crippen LogP contribution in [0, 0.1) is 0 Å². The average Bonchev–Trinajstić information content (AvgIpc) is 3.36. The van der Waals surface area contributed by atoms with Crippen molar-refractivity contribution in [3.8, 4) is 5.75 Å². The number of nitrogens with one attached hydrogen (secondary N) is 1. The van der Waals surface area contributed by atoms with Gasteiger partial charge in [-0.3, -0.25) is 4.98 Å². The normalized spacial score (nSPS) is 12.4. The van der Waals surface area contributed by atoms with Gasteiger partial charge in [-0.15, -0.1) is 11.3 Å². The van der Waals surface area contributed by atoms with Crippen LogP contribution in [0.3, 0.4) is 0 Å². The number of thiazole rings is 1. The van der Waals surface area contributed by atoms with E-state index < -0.39 is 0 Å². The second-order valence-corrected chi connectivity index (χ2v) is 8.17. The molecule has 0 aliphatic rings. The molecule has 132 valence electrons. The van der Waals surface area contributed by atoms with Crippen molar-refractivity contribution in [2.24, 2.45) is 0 Å². The lowest BCUT2D eigenvalue weighted by Gasteiger charge is -2.19. The minimum Gasteiger partial charge on any atom is -0.505 e. The Morgan fingerprint density at radius 1 is 0.963 bits per heavy atom. The Morgan fingerprint density at radius 2 is 1.89 bits per heavy atom. The molecule has 4 nitrogen and oxygen atoms in total. The van der Waals surface area contributed by atoms with Crippen LogP contribution in [0.5, 0.6) is 5.75 Å². The number of phenols is 1. The summed E-state index contributed by atoms with van der Waals surface area (Å²) in [6.07, 6.45) is 1.70. The van der Waals surface area contributed by atoms with Crippen LogP contribution in [0.4, 0.5) is 5.13 Å². The Balaban J connectivity index is 1.62. The van der Waals surface area contributed by atoms with Gasteiger partial charge in [0.2, 0.25) is 0 Å². The highest BCUT2D eigenvalue weighted by Gasteiger charge is 2.22. The molecule has 6 heteroatoms. The first-order chi connectivity index (χ1) is 13.3. The number of anilines is 1. The van der Waals surface area contributed by atoms with Crippen molar-refractivity contribution >= 4 is 48.9 Å². The van der Waals surface area contributed by atoms with Crippen LogP contribution in [0.1, 0.15) is 16.5 Å². The van der Waals surface area contributed by atoms with Crippen LogP contribution in [0.25, 0.3) is 21.1 Å². The highest BCUT2D eigenvalue weighted by atomic mass is 32.1. The van der Waals surface area contributed by atoms with Crippen molar-refractivity contribution in [2.45, 2.75) is 6.04 Å². The van der Waals surface area contributed by atoms with E-state index in [1.165, 1.54) is 0 Å². The minimum absolute atomic E-state index is 0.197. The van der Waals surface area contributed by atoms with Crippen LogP contribution in [0.15, 0.2) is 72.2 Å². The average molecular weight is 390 g/mol. The van der Waals surface area contributed by atoms with Gasteiger partial charge in [0.1, 0.15) is 11.3 Å². The predicted octanol–water partition coefficient (Wildman–Crippen LogP) is 5.81. The van der Waals surface area contributed by atoms with Crippen LogP contribution in [0.2, 0.25) is 0 Å². The molecule has 0 saturated heterocycles. The van der Waals surface area contributed by atoms with Crippen molar-refractivity contribution in [1.82, 2.24) is 9.97 Å². The van der Waals surface area contributed by atoms with Crippen LogP contribution < -0.4 is 5.32 Å². The Hall–Kier alpha value is -2.96. The van der Waals surface area contributed by atoms with Gasteiger partial charge in [0.15, 0.2) is 5.13 Å². The summed E-state index contributed by atoms with van der Waals surface area (Å²) in [5.41, 5.74) is 2.38. The lowest BCUT2D eigenvalue weighted by Crippen LogP contribution is -2.11. The van der Waals surface area contributed by atoms with Crippen molar-refractivity contribution in [3.05, 3.63) is 82.7 Å². The van der Waals surface area contributed by atoms with E-state index in [0.717, 1.165) is 31.2 Å². The van der Waals surface area contributed by atoms with E-state index in [1.807, 2.05) is 53.9 Å². The number of phenolic OH excluding ortho intramolecular Hbond substituents is 1. The second-order valence-electron chi connectivity index (χ2n) is 6.16. The number of nitrogens with zero attached hydrogens (tertiary/aromatic N) is 2. The van der Waals surface area contributed by atoms with E-state index in [4.69, 9.17) is 4.98 Å². The number of benzene rings is 2. The molecule has 0 radical (unpaired) electrons. The molecule has 27 heavy (non-hydrogen) atoms. The number of aromatic nitrogens is 2. The third-order valence-corrected chi connectivity index (χ3v) is 6.38. The molecule has 2 aromatic carbocycles. The van der Waals surface area contributed by atoms with E-state index >= 15 is 0 Å². The summed E-state index contributed by atoms with van der Waals surface area (Å²) in [6, 6.07) is 19.8. The molecule has 2 N–H and O–H groups in total. The SMILES string of the molecule is Oc1c(C(Nc2nc3ccccc3s2)c2cccs2)ccc2cccnc12. The third kappa shape index (κ3) is 2.93. The molecule has 0 aliphatic heterocycles. The maximum atomic E-state index is 10.9. The first kappa shape index (κ1) is 16.2. The van der Waals surface area contributed by atoms with E-state index in [-0.39, 0.29) is 11.8 Å². The zero-order valence-electron chi connectivity index (χ0n) is 14.2. The zero-order valence-corrected chi connectivity index (χ0v) is 15.8. The van der Waals surface area contributed by atoms with Crippen molar-refractivity contribution < 1.29 is 5.11 Å². The molecule has 0 bridgehead atoms. The molecule has 5 rings (SSSR count). The standard InChI is InChI=1S/C21H15N3OS2/c25-20-14(10-9-13-5-3-11-22-18(13)20)19(17-8-4-12-26-17)24-21-23-15-6-1-2-7-16(15)27-21/h1-12,19,25H,(H,23,24). The number of thiophene rings is 1. The number of fused-ring (bicyclic) bond motifs is 2. The summed E-state index contributed by atoms with van der Waals surface area (Å²) < 4.78 is 1.13. The van der Waals surface area contributed by atoms with Gasteiger partial charge in [0.05, 0.1) is 16.3 Å². The van der Waals surface area contributed by atoms with Gasteiger partial charge >= 0.3 is 0 Å².